The zero-order valence-electron chi connectivity index (χ0n) is 10.8. The summed E-state index contributed by atoms with van der Waals surface area (Å²) in [6.45, 7) is 7.17. The average Bonchev–Trinajstić information content (AvgIpc) is 2.74. The van der Waals surface area contributed by atoms with E-state index in [1.807, 2.05) is 0 Å². The Hall–Kier alpha value is -1.35. The van der Waals surface area contributed by atoms with Crippen LogP contribution in [0.15, 0.2) is 18.2 Å². The normalized spacial score (nSPS) is 13.5. The molecule has 0 aliphatic carbocycles. The van der Waals surface area contributed by atoms with E-state index in [9.17, 15) is 0 Å². The van der Waals surface area contributed by atoms with Crippen molar-refractivity contribution >= 4 is 11.0 Å². The first-order valence-corrected chi connectivity index (χ1v) is 6.35. The first kappa shape index (κ1) is 12.1. The van der Waals surface area contributed by atoms with Gasteiger partial charge in [-0.15, -0.1) is 0 Å². The van der Waals surface area contributed by atoms with Crippen LogP contribution in [0.5, 0.6) is 0 Å². The largest absolute Gasteiger partial charge is 0.342 e. The minimum atomic E-state index is 0.433. The second-order valence-corrected chi connectivity index (χ2v) is 4.89. The third-order valence-corrected chi connectivity index (χ3v) is 3.32. The summed E-state index contributed by atoms with van der Waals surface area (Å²) in [5.41, 5.74) is 9.26. The molecule has 0 fully saturated rings. The molecule has 0 spiro atoms. The van der Waals surface area contributed by atoms with Gasteiger partial charge in [0.1, 0.15) is 5.82 Å². The number of rotatable bonds is 4. The standard InChI is InChI=1S/C14H21N3/c1-4-10(8-15)11-5-6-12-13(7-11)17-14(16-12)9(2)3/h5-7,9-10H,4,8,15H2,1-3H3,(H,16,17). The SMILES string of the molecule is CCC(CN)c1ccc2nc(C(C)C)[nH]c2c1. The number of hydrogen-bond donors (Lipinski definition) is 2. The van der Waals surface area contributed by atoms with Gasteiger partial charge < -0.3 is 10.7 Å². The second-order valence-electron chi connectivity index (χ2n) is 4.89. The molecule has 0 saturated carbocycles. The smallest absolute Gasteiger partial charge is 0.109 e. The highest BCUT2D eigenvalue weighted by Crippen LogP contribution is 2.23. The molecule has 1 heterocycles. The maximum absolute atomic E-state index is 5.79. The van der Waals surface area contributed by atoms with Crippen LogP contribution in [-0.4, -0.2) is 16.5 Å². The van der Waals surface area contributed by atoms with E-state index in [-0.39, 0.29) is 0 Å². The van der Waals surface area contributed by atoms with Crippen LogP contribution < -0.4 is 5.73 Å². The predicted molar refractivity (Wildman–Crippen MR) is 72.3 cm³/mol. The van der Waals surface area contributed by atoms with Crippen LogP contribution >= 0.6 is 0 Å². The molecular weight excluding hydrogens is 210 g/mol. The number of nitrogens with two attached hydrogens (primary N) is 1. The Morgan fingerprint density at radius 2 is 2.12 bits per heavy atom. The van der Waals surface area contributed by atoms with E-state index in [1.165, 1.54) is 5.56 Å². The maximum atomic E-state index is 5.79. The number of nitrogens with zero attached hydrogens (tertiary/aromatic N) is 1. The molecule has 92 valence electrons. The summed E-state index contributed by atoms with van der Waals surface area (Å²) in [7, 11) is 0. The molecular formula is C14H21N3. The summed E-state index contributed by atoms with van der Waals surface area (Å²) in [6.07, 6.45) is 1.08. The lowest BCUT2D eigenvalue weighted by atomic mass is 9.96. The molecule has 1 atom stereocenters. The molecule has 3 heteroatoms. The summed E-state index contributed by atoms with van der Waals surface area (Å²) in [5, 5.41) is 0. The highest BCUT2D eigenvalue weighted by Gasteiger charge is 2.10. The van der Waals surface area contributed by atoms with Crippen molar-refractivity contribution in [3.8, 4) is 0 Å². The topological polar surface area (TPSA) is 54.7 Å². The molecule has 0 aliphatic heterocycles. The molecule has 0 aliphatic rings. The van der Waals surface area contributed by atoms with Crippen molar-refractivity contribution in [3.05, 3.63) is 29.6 Å². The summed E-state index contributed by atoms with van der Waals surface area (Å²) >= 11 is 0. The Balaban J connectivity index is 2.42. The van der Waals surface area contributed by atoms with Gasteiger partial charge in [0.2, 0.25) is 0 Å². The average molecular weight is 231 g/mol. The van der Waals surface area contributed by atoms with Gasteiger partial charge in [0, 0.05) is 5.92 Å². The lowest BCUT2D eigenvalue weighted by Crippen LogP contribution is -2.11. The fourth-order valence-corrected chi connectivity index (χ4v) is 2.11. The van der Waals surface area contributed by atoms with E-state index >= 15 is 0 Å². The molecule has 0 amide bonds. The fraction of sp³-hybridized carbons (Fsp3) is 0.500. The maximum Gasteiger partial charge on any atom is 0.109 e. The number of imidazole rings is 1. The van der Waals surface area contributed by atoms with Gasteiger partial charge in [0.25, 0.3) is 0 Å². The molecule has 1 aromatic carbocycles. The van der Waals surface area contributed by atoms with Crippen LogP contribution in [-0.2, 0) is 0 Å². The molecule has 3 nitrogen and oxygen atoms in total. The quantitative estimate of drug-likeness (QED) is 0.849. The van der Waals surface area contributed by atoms with Crippen LogP contribution in [0, 0.1) is 0 Å². The third kappa shape index (κ3) is 2.34. The van der Waals surface area contributed by atoms with Gasteiger partial charge in [-0.2, -0.15) is 0 Å². The van der Waals surface area contributed by atoms with E-state index in [0.717, 1.165) is 23.3 Å². The molecule has 2 rings (SSSR count). The van der Waals surface area contributed by atoms with Crippen molar-refractivity contribution < 1.29 is 0 Å². The molecule has 3 N–H and O–H groups in total. The first-order valence-electron chi connectivity index (χ1n) is 6.35. The molecule has 1 unspecified atom stereocenters. The van der Waals surface area contributed by atoms with E-state index < -0.39 is 0 Å². The highest BCUT2D eigenvalue weighted by atomic mass is 14.9. The number of fused-ring (bicyclic) bond motifs is 1. The number of hydrogen-bond acceptors (Lipinski definition) is 2. The Labute approximate surface area is 102 Å². The van der Waals surface area contributed by atoms with E-state index in [0.29, 0.717) is 18.4 Å². The van der Waals surface area contributed by atoms with Crippen molar-refractivity contribution in [2.24, 2.45) is 5.73 Å². The van der Waals surface area contributed by atoms with Crippen LogP contribution in [0.25, 0.3) is 11.0 Å². The Morgan fingerprint density at radius 3 is 2.71 bits per heavy atom. The molecule has 2 aromatic rings. The van der Waals surface area contributed by atoms with Crippen molar-refractivity contribution in [1.82, 2.24) is 9.97 Å². The zero-order valence-corrected chi connectivity index (χ0v) is 10.8. The summed E-state index contributed by atoms with van der Waals surface area (Å²) in [5.74, 6) is 1.94. The Kier molecular flexibility index (Phi) is 3.48. The number of H-pyrrole nitrogens is 1. The molecule has 0 radical (unpaired) electrons. The van der Waals surface area contributed by atoms with Gasteiger partial charge >= 0.3 is 0 Å². The zero-order chi connectivity index (χ0) is 12.4. The van der Waals surface area contributed by atoms with E-state index in [1.54, 1.807) is 0 Å². The second kappa shape index (κ2) is 4.88. The van der Waals surface area contributed by atoms with Gasteiger partial charge in [-0.3, -0.25) is 0 Å². The minimum Gasteiger partial charge on any atom is -0.342 e. The molecule has 0 saturated heterocycles. The van der Waals surface area contributed by atoms with E-state index in [4.69, 9.17) is 5.73 Å². The van der Waals surface area contributed by atoms with Crippen molar-refractivity contribution in [3.63, 3.8) is 0 Å². The molecule has 0 bridgehead atoms. The predicted octanol–water partition coefficient (Wildman–Crippen LogP) is 3.14. The van der Waals surface area contributed by atoms with Gasteiger partial charge in [0.05, 0.1) is 11.0 Å². The van der Waals surface area contributed by atoms with Gasteiger partial charge in [-0.1, -0.05) is 26.8 Å². The van der Waals surface area contributed by atoms with Crippen LogP contribution in [0.2, 0.25) is 0 Å². The van der Waals surface area contributed by atoms with E-state index in [2.05, 4.69) is 48.9 Å². The Bertz CT molecular complexity index is 495. The third-order valence-electron chi connectivity index (χ3n) is 3.32. The number of benzene rings is 1. The monoisotopic (exact) mass is 231 g/mol. The van der Waals surface area contributed by atoms with Crippen LogP contribution in [0.3, 0.4) is 0 Å². The van der Waals surface area contributed by atoms with Gasteiger partial charge in [-0.05, 0) is 36.6 Å². The molecule has 17 heavy (non-hydrogen) atoms. The Morgan fingerprint density at radius 1 is 1.35 bits per heavy atom. The summed E-state index contributed by atoms with van der Waals surface area (Å²) in [4.78, 5) is 7.96. The van der Waals surface area contributed by atoms with Crippen LogP contribution in [0.4, 0.5) is 0 Å². The van der Waals surface area contributed by atoms with Crippen molar-refractivity contribution in [2.75, 3.05) is 6.54 Å². The lowest BCUT2D eigenvalue weighted by molar-refractivity contribution is 0.675. The minimum absolute atomic E-state index is 0.433. The van der Waals surface area contributed by atoms with Gasteiger partial charge in [-0.25, -0.2) is 4.98 Å². The first-order chi connectivity index (χ1) is 8.15. The fourth-order valence-electron chi connectivity index (χ4n) is 2.11. The van der Waals surface area contributed by atoms with Crippen molar-refractivity contribution in [1.29, 1.82) is 0 Å². The summed E-state index contributed by atoms with van der Waals surface area (Å²) < 4.78 is 0. The number of aromatic nitrogens is 2. The van der Waals surface area contributed by atoms with Crippen LogP contribution in [0.1, 0.15) is 50.4 Å². The summed E-state index contributed by atoms with van der Waals surface area (Å²) in [6, 6.07) is 6.43. The van der Waals surface area contributed by atoms with Crippen molar-refractivity contribution in [2.45, 2.75) is 39.0 Å². The number of nitrogens with one attached hydrogen (secondary N) is 1. The van der Waals surface area contributed by atoms with Gasteiger partial charge in [0.15, 0.2) is 0 Å². The number of aromatic amines is 1. The highest BCUT2D eigenvalue weighted by molar-refractivity contribution is 5.76. The lowest BCUT2D eigenvalue weighted by Gasteiger charge is -2.11. The molecule has 1 aromatic heterocycles.